The van der Waals surface area contributed by atoms with Crippen molar-refractivity contribution in [3.05, 3.63) is 65.5 Å². The lowest BCUT2D eigenvalue weighted by molar-refractivity contribution is -0.284. The molecule has 1 amide bonds. The minimum atomic E-state index is -5.73. The standard InChI is InChI=1S/C25H23F6N7O2/c1-23(2)21-19(36(22(23)39)12-14-4-6-16(40-3)7-5-14)13-37(35-33-21)38-18-10-15(26)11-32-20(18)17(34-38)8-9-24(27,28)25(29,30)31/h4-7,10-11,13,35H,8-9,12H2,1-3H3. The maximum Gasteiger partial charge on any atom is 0.453 e. The highest BCUT2D eigenvalue weighted by molar-refractivity contribution is 6.23. The fourth-order valence-electron chi connectivity index (χ4n) is 4.51. The van der Waals surface area contributed by atoms with Gasteiger partial charge in [-0.15, -0.1) is 4.79 Å². The predicted molar refractivity (Wildman–Crippen MR) is 131 cm³/mol. The summed E-state index contributed by atoms with van der Waals surface area (Å²) in [6.45, 7) is 3.59. The number of aromatic nitrogens is 3. The molecule has 1 aromatic carbocycles. The highest BCUT2D eigenvalue weighted by atomic mass is 19.4. The second-order valence-corrected chi connectivity index (χ2v) is 9.84. The third-order valence-corrected chi connectivity index (χ3v) is 6.75. The fraction of sp³-hybridized carbons (Fsp3) is 0.360. The van der Waals surface area contributed by atoms with E-state index >= 15 is 0 Å². The maximum atomic E-state index is 14.1. The van der Waals surface area contributed by atoms with Crippen LogP contribution in [0.15, 0.2) is 53.5 Å². The van der Waals surface area contributed by atoms with E-state index in [9.17, 15) is 31.1 Å². The Bertz CT molecular complexity index is 1530. The Hall–Kier alpha value is -4.30. The number of nitrogens with zero attached hydrogens (tertiary/aromatic N) is 6. The van der Waals surface area contributed by atoms with E-state index in [0.29, 0.717) is 17.2 Å². The average Bonchev–Trinajstić information content (AvgIpc) is 3.35. The monoisotopic (exact) mass is 567 g/mol. The van der Waals surface area contributed by atoms with Crippen molar-refractivity contribution in [1.29, 1.82) is 0 Å². The van der Waals surface area contributed by atoms with Gasteiger partial charge in [-0.2, -0.15) is 42.8 Å². The number of aryl methyl sites for hydroxylation is 1. The van der Waals surface area contributed by atoms with Crippen molar-refractivity contribution in [1.82, 2.24) is 25.3 Å². The largest absolute Gasteiger partial charge is 0.497 e. The molecule has 0 unspecified atom stereocenters. The lowest BCUT2D eigenvalue weighted by Gasteiger charge is -2.27. The molecule has 0 radical (unpaired) electrons. The van der Waals surface area contributed by atoms with Crippen molar-refractivity contribution in [2.24, 2.45) is 10.5 Å². The molecule has 9 nitrogen and oxygen atoms in total. The van der Waals surface area contributed by atoms with Gasteiger partial charge in [0.15, 0.2) is 0 Å². The molecule has 0 bridgehead atoms. The molecule has 2 aliphatic heterocycles. The summed E-state index contributed by atoms with van der Waals surface area (Å²) in [6.07, 6.45) is -5.82. The molecule has 212 valence electrons. The quantitative estimate of drug-likeness (QED) is 0.425. The number of pyridine rings is 1. The van der Waals surface area contributed by atoms with Gasteiger partial charge in [0.05, 0.1) is 42.9 Å². The Kier molecular flexibility index (Phi) is 6.42. The number of benzene rings is 1. The first-order chi connectivity index (χ1) is 18.7. The third kappa shape index (κ3) is 4.58. The zero-order chi connectivity index (χ0) is 29.0. The Balaban J connectivity index is 1.51. The lowest BCUT2D eigenvalue weighted by atomic mass is 9.89. The van der Waals surface area contributed by atoms with Crippen molar-refractivity contribution in [3.8, 4) is 5.75 Å². The zero-order valence-electron chi connectivity index (χ0n) is 21.4. The summed E-state index contributed by atoms with van der Waals surface area (Å²) >= 11 is 0. The minimum Gasteiger partial charge on any atom is -0.497 e. The van der Waals surface area contributed by atoms with E-state index in [0.717, 1.165) is 22.6 Å². The highest BCUT2D eigenvalue weighted by Crippen LogP contribution is 2.40. The summed E-state index contributed by atoms with van der Waals surface area (Å²) in [6, 6.07) is 8.11. The SMILES string of the molecule is COc1ccc(CN2C(=O)C(C)(C)C3=NNN(n4nc(CCC(F)(F)C(F)(F)F)c5ncc(F)cc54)C=C32)cc1. The molecule has 2 aliphatic rings. The van der Waals surface area contributed by atoms with Gasteiger partial charge in [-0.05, 0) is 38.0 Å². The van der Waals surface area contributed by atoms with Gasteiger partial charge in [0.1, 0.15) is 28.3 Å². The predicted octanol–water partition coefficient (Wildman–Crippen LogP) is 4.43. The maximum absolute atomic E-state index is 14.1. The number of methoxy groups -OCH3 is 1. The van der Waals surface area contributed by atoms with Crippen LogP contribution in [0.25, 0.3) is 11.0 Å². The first-order valence-electron chi connectivity index (χ1n) is 12.0. The average molecular weight is 567 g/mol. The smallest absolute Gasteiger partial charge is 0.453 e. The second-order valence-electron chi connectivity index (χ2n) is 9.84. The van der Waals surface area contributed by atoms with Gasteiger partial charge in [-0.25, -0.2) is 9.37 Å². The van der Waals surface area contributed by atoms with Crippen molar-refractivity contribution in [3.63, 3.8) is 0 Å². The van der Waals surface area contributed by atoms with Crippen LogP contribution in [0.3, 0.4) is 0 Å². The number of hydrazine groups is 1. The molecular weight excluding hydrogens is 544 g/mol. The van der Waals surface area contributed by atoms with Crippen LogP contribution in [0.4, 0.5) is 26.3 Å². The van der Waals surface area contributed by atoms with E-state index in [-0.39, 0.29) is 29.2 Å². The molecule has 3 aromatic rings. The number of rotatable bonds is 7. The molecule has 1 N–H and O–H groups in total. The summed E-state index contributed by atoms with van der Waals surface area (Å²) in [5, 5.41) is 9.65. The Morgan fingerprint density at radius 3 is 2.45 bits per heavy atom. The minimum absolute atomic E-state index is 0.0152. The number of carbonyl (C=O) groups excluding carboxylic acids is 1. The van der Waals surface area contributed by atoms with E-state index in [1.165, 1.54) is 23.3 Å². The second kappa shape index (κ2) is 9.41. The molecule has 0 aliphatic carbocycles. The van der Waals surface area contributed by atoms with Crippen molar-refractivity contribution in [2.75, 3.05) is 12.2 Å². The van der Waals surface area contributed by atoms with E-state index in [4.69, 9.17) is 4.74 Å². The van der Waals surface area contributed by atoms with Gasteiger partial charge in [-0.1, -0.05) is 12.1 Å². The van der Waals surface area contributed by atoms with Crippen LogP contribution in [0.1, 0.15) is 31.5 Å². The Morgan fingerprint density at radius 2 is 1.80 bits per heavy atom. The number of allylic oxidation sites excluding steroid dienone is 1. The topological polar surface area (TPSA) is 87.9 Å². The normalized spacial score (nSPS) is 17.1. The number of nitrogens with one attached hydrogen (secondary N) is 1. The van der Waals surface area contributed by atoms with Crippen LogP contribution in [-0.2, 0) is 17.8 Å². The number of carbonyl (C=O) groups is 1. The number of hydrogen-bond donors (Lipinski definition) is 1. The summed E-state index contributed by atoms with van der Waals surface area (Å²) in [5.74, 6) is -5.34. The van der Waals surface area contributed by atoms with Crippen LogP contribution in [0.5, 0.6) is 5.75 Å². The van der Waals surface area contributed by atoms with Crippen LogP contribution in [-0.4, -0.2) is 50.6 Å². The first kappa shape index (κ1) is 27.3. The molecular formula is C25H23F6N7O2. The molecule has 1 saturated heterocycles. The number of amides is 1. The number of likely N-dealkylation sites (tertiary alicyclic amines) is 1. The van der Waals surface area contributed by atoms with E-state index in [1.807, 2.05) is 0 Å². The molecule has 0 spiro atoms. The molecule has 5 rings (SSSR count). The third-order valence-electron chi connectivity index (χ3n) is 6.75. The molecule has 15 heteroatoms. The number of halogens is 6. The summed E-state index contributed by atoms with van der Waals surface area (Å²) in [7, 11) is 1.53. The van der Waals surface area contributed by atoms with Crippen molar-refractivity contribution < 1.29 is 35.9 Å². The van der Waals surface area contributed by atoms with Gasteiger partial charge in [0.25, 0.3) is 0 Å². The van der Waals surface area contributed by atoms with Gasteiger partial charge < -0.3 is 9.64 Å². The van der Waals surface area contributed by atoms with E-state index in [1.54, 1.807) is 38.1 Å². The molecule has 1 fully saturated rings. The van der Waals surface area contributed by atoms with Gasteiger partial charge >= 0.3 is 12.1 Å². The molecule has 0 saturated carbocycles. The zero-order valence-corrected chi connectivity index (χ0v) is 21.4. The molecule has 0 atom stereocenters. The van der Waals surface area contributed by atoms with Crippen LogP contribution >= 0.6 is 0 Å². The number of hydrazone groups is 1. The first-order valence-corrected chi connectivity index (χ1v) is 12.0. The van der Waals surface area contributed by atoms with Gasteiger partial charge in [0, 0.05) is 12.5 Å². The molecule has 2 aromatic heterocycles. The summed E-state index contributed by atoms with van der Waals surface area (Å²) in [5.41, 5.74) is 2.98. The lowest BCUT2D eigenvalue weighted by Crippen LogP contribution is -2.45. The van der Waals surface area contributed by atoms with Crippen LogP contribution < -0.4 is 15.4 Å². The molecule has 40 heavy (non-hydrogen) atoms. The number of alkyl halides is 5. The van der Waals surface area contributed by atoms with Crippen molar-refractivity contribution in [2.45, 2.75) is 45.3 Å². The molecule has 4 heterocycles. The van der Waals surface area contributed by atoms with Crippen LogP contribution in [0, 0.1) is 11.2 Å². The van der Waals surface area contributed by atoms with Crippen molar-refractivity contribution >= 4 is 22.7 Å². The van der Waals surface area contributed by atoms with Gasteiger partial charge in [0.2, 0.25) is 5.91 Å². The van der Waals surface area contributed by atoms with E-state index in [2.05, 4.69) is 20.7 Å². The van der Waals surface area contributed by atoms with Crippen LogP contribution in [0.2, 0.25) is 0 Å². The summed E-state index contributed by atoms with van der Waals surface area (Å²) < 4.78 is 84.8. The highest BCUT2D eigenvalue weighted by Gasteiger charge is 2.56. The van der Waals surface area contributed by atoms with E-state index < -0.39 is 36.2 Å². The fourth-order valence-corrected chi connectivity index (χ4v) is 4.51. The Morgan fingerprint density at radius 1 is 1.10 bits per heavy atom. The number of hydrogen-bond acceptors (Lipinski definition) is 7. The number of ether oxygens (including phenoxy) is 1. The van der Waals surface area contributed by atoms with Gasteiger partial charge in [-0.3, -0.25) is 4.79 Å². The summed E-state index contributed by atoms with van der Waals surface area (Å²) in [4.78, 5) is 19.8. The number of fused-ring (bicyclic) bond motifs is 2. The Labute approximate surface area is 223 Å².